The van der Waals surface area contributed by atoms with Gasteiger partial charge in [-0.25, -0.2) is 4.98 Å². The normalized spacial score (nSPS) is 13.5. The van der Waals surface area contributed by atoms with E-state index in [4.69, 9.17) is 5.73 Å². The van der Waals surface area contributed by atoms with Crippen molar-refractivity contribution in [2.24, 2.45) is 5.73 Å². The van der Waals surface area contributed by atoms with Crippen molar-refractivity contribution in [3.8, 4) is 0 Å². The molecular formula is C10H13N3. The molecule has 0 aromatic carbocycles. The lowest BCUT2D eigenvalue weighted by atomic mass is 10.1. The maximum Gasteiger partial charge on any atom is 0.141 e. The van der Waals surface area contributed by atoms with Gasteiger partial charge in [-0.2, -0.15) is 0 Å². The summed E-state index contributed by atoms with van der Waals surface area (Å²) in [6, 6.07) is 4.05. The smallest absolute Gasteiger partial charge is 0.141 e. The molecule has 0 fully saturated rings. The Hall–Kier alpha value is -1.35. The fourth-order valence-electron chi connectivity index (χ4n) is 1.51. The van der Waals surface area contributed by atoms with Crippen LogP contribution >= 0.6 is 0 Å². The molecule has 0 radical (unpaired) electrons. The molecule has 0 amide bonds. The molecule has 2 heterocycles. The number of hydrogen-bond acceptors (Lipinski definition) is 2. The monoisotopic (exact) mass is 175 g/mol. The SMILES string of the molecule is Cc1cn2cccc(C(C)N)c2n1. The predicted octanol–water partition coefficient (Wildman–Crippen LogP) is 1.66. The second-order valence-corrected chi connectivity index (χ2v) is 3.37. The summed E-state index contributed by atoms with van der Waals surface area (Å²) < 4.78 is 2.01. The topological polar surface area (TPSA) is 43.3 Å². The van der Waals surface area contributed by atoms with E-state index in [0.29, 0.717) is 0 Å². The minimum atomic E-state index is 0.0329. The van der Waals surface area contributed by atoms with Crippen LogP contribution in [0.1, 0.15) is 24.2 Å². The first-order valence-electron chi connectivity index (χ1n) is 4.38. The van der Waals surface area contributed by atoms with Gasteiger partial charge >= 0.3 is 0 Å². The van der Waals surface area contributed by atoms with Gasteiger partial charge in [-0.05, 0) is 19.9 Å². The average Bonchev–Trinajstić information content (AvgIpc) is 2.43. The molecule has 0 aliphatic heterocycles. The minimum absolute atomic E-state index is 0.0329. The summed E-state index contributed by atoms with van der Waals surface area (Å²) in [5, 5.41) is 0. The van der Waals surface area contributed by atoms with Gasteiger partial charge in [0.1, 0.15) is 5.65 Å². The lowest BCUT2D eigenvalue weighted by Gasteiger charge is -2.05. The number of nitrogens with two attached hydrogens (primary N) is 1. The van der Waals surface area contributed by atoms with Crippen LogP contribution in [-0.2, 0) is 0 Å². The number of fused-ring (bicyclic) bond motifs is 1. The van der Waals surface area contributed by atoms with Gasteiger partial charge in [0.05, 0.1) is 5.69 Å². The van der Waals surface area contributed by atoms with Gasteiger partial charge in [0.2, 0.25) is 0 Å². The molecule has 2 aromatic rings. The maximum absolute atomic E-state index is 5.84. The van der Waals surface area contributed by atoms with Crippen molar-refractivity contribution < 1.29 is 0 Å². The van der Waals surface area contributed by atoms with Crippen molar-refractivity contribution in [1.82, 2.24) is 9.38 Å². The van der Waals surface area contributed by atoms with E-state index in [-0.39, 0.29) is 6.04 Å². The van der Waals surface area contributed by atoms with E-state index < -0.39 is 0 Å². The molecular weight excluding hydrogens is 162 g/mol. The molecule has 0 spiro atoms. The quantitative estimate of drug-likeness (QED) is 0.716. The van der Waals surface area contributed by atoms with Gasteiger partial charge in [-0.15, -0.1) is 0 Å². The highest BCUT2D eigenvalue weighted by atomic mass is 15.0. The first-order valence-corrected chi connectivity index (χ1v) is 4.38. The Kier molecular flexibility index (Phi) is 1.81. The molecule has 2 aromatic heterocycles. The second kappa shape index (κ2) is 2.85. The summed E-state index contributed by atoms with van der Waals surface area (Å²) in [6.07, 6.45) is 3.99. The Balaban J connectivity index is 2.75. The molecule has 2 rings (SSSR count). The number of pyridine rings is 1. The summed E-state index contributed by atoms with van der Waals surface area (Å²) in [5.41, 5.74) is 8.92. The Morgan fingerprint density at radius 1 is 1.54 bits per heavy atom. The molecule has 2 N–H and O–H groups in total. The third-order valence-electron chi connectivity index (χ3n) is 2.12. The largest absolute Gasteiger partial charge is 0.324 e. The minimum Gasteiger partial charge on any atom is -0.324 e. The third-order valence-corrected chi connectivity index (χ3v) is 2.12. The molecule has 3 heteroatoms. The summed E-state index contributed by atoms with van der Waals surface area (Å²) in [5.74, 6) is 0. The van der Waals surface area contributed by atoms with E-state index in [1.165, 1.54) is 0 Å². The molecule has 13 heavy (non-hydrogen) atoms. The van der Waals surface area contributed by atoms with Crippen LogP contribution < -0.4 is 5.73 Å². The zero-order chi connectivity index (χ0) is 9.42. The van der Waals surface area contributed by atoms with E-state index >= 15 is 0 Å². The molecule has 0 saturated carbocycles. The zero-order valence-electron chi connectivity index (χ0n) is 7.86. The van der Waals surface area contributed by atoms with Crippen LogP contribution in [0.25, 0.3) is 5.65 Å². The zero-order valence-corrected chi connectivity index (χ0v) is 7.86. The summed E-state index contributed by atoms with van der Waals surface area (Å²) in [4.78, 5) is 4.42. The number of aromatic nitrogens is 2. The van der Waals surface area contributed by atoms with Gasteiger partial charge in [0.15, 0.2) is 0 Å². The predicted molar refractivity (Wildman–Crippen MR) is 52.5 cm³/mol. The van der Waals surface area contributed by atoms with Crippen molar-refractivity contribution in [2.75, 3.05) is 0 Å². The van der Waals surface area contributed by atoms with Crippen LogP contribution in [0.5, 0.6) is 0 Å². The lowest BCUT2D eigenvalue weighted by molar-refractivity contribution is 0.816. The summed E-state index contributed by atoms with van der Waals surface area (Å²) in [6.45, 7) is 3.96. The summed E-state index contributed by atoms with van der Waals surface area (Å²) >= 11 is 0. The molecule has 1 unspecified atom stereocenters. The van der Waals surface area contributed by atoms with Gasteiger partial charge in [0.25, 0.3) is 0 Å². The van der Waals surface area contributed by atoms with Gasteiger partial charge in [0, 0.05) is 24.0 Å². The number of imidazole rings is 1. The number of nitrogens with zero attached hydrogens (tertiary/aromatic N) is 2. The fraction of sp³-hybridized carbons (Fsp3) is 0.300. The Bertz CT molecular complexity index is 429. The van der Waals surface area contributed by atoms with Gasteiger partial charge in [-0.3, -0.25) is 0 Å². The van der Waals surface area contributed by atoms with Crippen LogP contribution in [-0.4, -0.2) is 9.38 Å². The molecule has 0 aliphatic rings. The van der Waals surface area contributed by atoms with Crippen LogP contribution in [0.3, 0.4) is 0 Å². The van der Waals surface area contributed by atoms with Crippen LogP contribution in [0.4, 0.5) is 0 Å². The highest BCUT2D eigenvalue weighted by molar-refractivity contribution is 5.50. The average molecular weight is 175 g/mol. The van der Waals surface area contributed by atoms with Crippen molar-refractivity contribution in [3.05, 3.63) is 35.8 Å². The lowest BCUT2D eigenvalue weighted by Crippen LogP contribution is -2.06. The molecule has 0 bridgehead atoms. The van der Waals surface area contributed by atoms with Crippen LogP contribution in [0, 0.1) is 6.92 Å². The van der Waals surface area contributed by atoms with Crippen LogP contribution in [0.15, 0.2) is 24.5 Å². The van der Waals surface area contributed by atoms with Gasteiger partial charge in [-0.1, -0.05) is 6.07 Å². The molecule has 0 aliphatic carbocycles. The van der Waals surface area contributed by atoms with E-state index in [9.17, 15) is 0 Å². The first-order chi connectivity index (χ1) is 6.18. The molecule has 1 atom stereocenters. The standard InChI is InChI=1S/C10H13N3/c1-7-6-13-5-3-4-9(8(2)11)10(13)12-7/h3-6,8H,11H2,1-2H3. The summed E-state index contributed by atoms with van der Waals surface area (Å²) in [7, 11) is 0. The van der Waals surface area contributed by atoms with E-state index in [2.05, 4.69) is 4.98 Å². The Morgan fingerprint density at radius 2 is 2.31 bits per heavy atom. The van der Waals surface area contributed by atoms with Crippen molar-refractivity contribution in [3.63, 3.8) is 0 Å². The van der Waals surface area contributed by atoms with Crippen molar-refractivity contribution in [1.29, 1.82) is 0 Å². The Morgan fingerprint density at radius 3 is 3.00 bits per heavy atom. The number of rotatable bonds is 1. The van der Waals surface area contributed by atoms with E-state index in [1.807, 2.05) is 42.8 Å². The second-order valence-electron chi connectivity index (χ2n) is 3.37. The van der Waals surface area contributed by atoms with Crippen molar-refractivity contribution >= 4 is 5.65 Å². The first kappa shape index (κ1) is 8.26. The maximum atomic E-state index is 5.84. The molecule has 3 nitrogen and oxygen atoms in total. The fourth-order valence-corrected chi connectivity index (χ4v) is 1.51. The van der Waals surface area contributed by atoms with Crippen LogP contribution in [0.2, 0.25) is 0 Å². The van der Waals surface area contributed by atoms with E-state index in [0.717, 1.165) is 16.9 Å². The van der Waals surface area contributed by atoms with Crippen molar-refractivity contribution in [2.45, 2.75) is 19.9 Å². The number of hydrogen-bond donors (Lipinski definition) is 1. The molecule has 0 saturated heterocycles. The number of aryl methyl sites for hydroxylation is 1. The Labute approximate surface area is 77.2 Å². The van der Waals surface area contributed by atoms with Gasteiger partial charge < -0.3 is 10.1 Å². The molecule has 68 valence electrons. The van der Waals surface area contributed by atoms with E-state index in [1.54, 1.807) is 0 Å². The third kappa shape index (κ3) is 1.31. The highest BCUT2D eigenvalue weighted by Gasteiger charge is 2.06. The highest BCUT2D eigenvalue weighted by Crippen LogP contribution is 2.16.